The molecule has 0 amide bonds. The van der Waals surface area contributed by atoms with E-state index in [1.165, 1.54) is 116 Å². The van der Waals surface area contributed by atoms with Gasteiger partial charge in [0.1, 0.15) is 11.2 Å². The summed E-state index contributed by atoms with van der Waals surface area (Å²) >= 11 is 0. The summed E-state index contributed by atoms with van der Waals surface area (Å²) in [5.41, 5.74) is 13.4. The molecule has 0 radical (unpaired) electrons. The summed E-state index contributed by atoms with van der Waals surface area (Å²) in [6.07, 6.45) is 17.0. The van der Waals surface area contributed by atoms with Crippen molar-refractivity contribution in [3.63, 3.8) is 0 Å². The van der Waals surface area contributed by atoms with E-state index in [0.717, 1.165) is 66.6 Å². The number of rotatable bonds is 10. The molecule has 0 unspecified atom stereocenters. The molecule has 0 spiro atoms. The van der Waals surface area contributed by atoms with Crippen molar-refractivity contribution in [3.8, 4) is 0 Å². The summed E-state index contributed by atoms with van der Waals surface area (Å²) < 4.78 is 13.9. The van der Waals surface area contributed by atoms with E-state index in [0.29, 0.717) is 11.8 Å². The fourth-order valence-corrected chi connectivity index (χ4v) is 15.4. The minimum atomic E-state index is -1.59. The third-order valence-corrected chi connectivity index (χ3v) is 20.8. The maximum atomic E-state index is 6.97. The van der Waals surface area contributed by atoms with Crippen LogP contribution < -0.4 is 15.0 Å². The molecule has 2 heterocycles. The Morgan fingerprint density at radius 3 is 1.24 bits per heavy atom. The maximum Gasteiger partial charge on any atom is 0.159 e. The van der Waals surface area contributed by atoms with Crippen molar-refractivity contribution in [2.45, 2.75) is 87.7 Å². The average Bonchev–Trinajstić information content (AvgIpc) is 4.30. The summed E-state index contributed by atoms with van der Waals surface area (Å²) in [5.74, 6) is 0.936. The van der Waals surface area contributed by atoms with E-state index >= 15 is 0 Å². The van der Waals surface area contributed by atoms with Gasteiger partial charge in [0.05, 0.1) is 30.8 Å². The molecule has 14 rings (SSSR count). The molecule has 12 aromatic rings. The molecule has 2 saturated carbocycles. The lowest BCUT2D eigenvalue weighted by Gasteiger charge is -2.32. The lowest BCUT2D eigenvalue weighted by Crippen LogP contribution is -2.37. The van der Waals surface area contributed by atoms with Gasteiger partial charge in [0.15, 0.2) is 11.2 Å². The number of anilines is 6. The van der Waals surface area contributed by atoms with Crippen LogP contribution in [0.25, 0.3) is 76.2 Å². The topological polar surface area (TPSA) is 32.8 Å². The van der Waals surface area contributed by atoms with E-state index in [2.05, 4.69) is 218 Å². The van der Waals surface area contributed by atoms with Gasteiger partial charge in [-0.15, -0.1) is 0 Å². The first-order valence-electron chi connectivity index (χ1n) is 27.1. The van der Waals surface area contributed by atoms with Crippen molar-refractivity contribution < 1.29 is 8.83 Å². The van der Waals surface area contributed by atoms with Crippen LogP contribution in [0.1, 0.15) is 74.3 Å². The second kappa shape index (κ2) is 17.3. The standard InChI is InChI=1S/C68H64N2O2SSi/c1-73(2,3)47-33-29-45(30-34-47)69(59-25-15-23-53-49-21-11-13-27-63(49)71-67(53)59)61-41-57(43-17-7-8-18-43)51-38-40-56-62(42-58(44-19-9-10-20-44)52-37-39-55(61)65(51)66(52)56)70(46-31-35-48(36-32-46)74(4,5)6)60-26-16-24-54-50-22-12-14-28-64(50)72-68(54)60/h11-16,21-44H,7-10,17-20H2,1-6H3. The maximum absolute atomic E-state index is 6.97. The van der Waals surface area contributed by atoms with E-state index in [9.17, 15) is 0 Å². The highest BCUT2D eigenvalue weighted by Gasteiger charge is 2.32. The molecule has 2 aliphatic rings. The van der Waals surface area contributed by atoms with Gasteiger partial charge in [0, 0.05) is 43.7 Å². The summed E-state index contributed by atoms with van der Waals surface area (Å²) in [6, 6.07) is 64.7. The van der Waals surface area contributed by atoms with E-state index in [1.807, 2.05) is 0 Å². The molecule has 6 heteroatoms. The van der Waals surface area contributed by atoms with E-state index in [1.54, 1.807) is 0 Å². The largest absolute Gasteiger partial charge is 0.454 e. The summed E-state index contributed by atoms with van der Waals surface area (Å²) in [4.78, 5) is 6.49. The van der Waals surface area contributed by atoms with Crippen LogP contribution >= 0.6 is 10.0 Å². The predicted molar refractivity (Wildman–Crippen MR) is 323 cm³/mol. The first-order valence-corrected chi connectivity index (χ1v) is 33.4. The molecule has 0 N–H and O–H groups in total. The molecule has 2 fully saturated rings. The summed E-state index contributed by atoms with van der Waals surface area (Å²) in [5, 5.41) is 14.1. The smallest absolute Gasteiger partial charge is 0.159 e. The monoisotopic (exact) mass is 1000 g/mol. The molecule has 0 saturated heterocycles. The molecular formula is C68H64N2O2SSi. The minimum absolute atomic E-state index is 0.467. The van der Waals surface area contributed by atoms with Crippen LogP contribution in [0.4, 0.5) is 34.1 Å². The van der Waals surface area contributed by atoms with Gasteiger partial charge in [-0.3, -0.25) is 0 Å². The molecule has 368 valence electrons. The van der Waals surface area contributed by atoms with Gasteiger partial charge in [0.25, 0.3) is 0 Å². The first kappa shape index (κ1) is 45.6. The first-order chi connectivity index (χ1) is 36.0. The van der Waals surface area contributed by atoms with Crippen molar-refractivity contribution in [2.24, 2.45) is 0 Å². The number of furan rings is 2. The van der Waals surface area contributed by atoms with Crippen LogP contribution in [0, 0.1) is 0 Å². The van der Waals surface area contributed by atoms with Gasteiger partial charge in [-0.2, -0.15) is 0 Å². The van der Waals surface area contributed by atoms with Crippen LogP contribution in [-0.4, -0.2) is 26.8 Å². The van der Waals surface area contributed by atoms with Crippen LogP contribution in [-0.2, 0) is 0 Å². The highest BCUT2D eigenvalue weighted by atomic mass is 32.3. The number of fused-ring (bicyclic) bond motifs is 6. The van der Waals surface area contributed by atoms with Gasteiger partial charge in [-0.25, -0.2) is 10.0 Å². The fraction of sp³-hybridized carbons (Fsp3) is 0.235. The Morgan fingerprint density at radius 2 is 0.811 bits per heavy atom. The van der Waals surface area contributed by atoms with Crippen molar-refractivity contribution in [1.29, 1.82) is 0 Å². The van der Waals surface area contributed by atoms with Crippen LogP contribution in [0.15, 0.2) is 184 Å². The molecule has 2 aliphatic carbocycles. The molecule has 0 atom stereocenters. The van der Waals surface area contributed by atoms with E-state index in [4.69, 9.17) is 8.83 Å². The summed E-state index contributed by atoms with van der Waals surface area (Å²) in [7, 11) is -2.54. The number of hydrogen-bond acceptors (Lipinski definition) is 4. The third kappa shape index (κ3) is 7.30. The number of nitrogens with zero attached hydrogens (tertiary/aromatic N) is 2. The van der Waals surface area contributed by atoms with Gasteiger partial charge in [0.2, 0.25) is 0 Å². The normalized spacial score (nSPS) is 15.4. The van der Waals surface area contributed by atoms with Crippen molar-refractivity contribution in [2.75, 3.05) is 28.6 Å². The Bertz CT molecular complexity index is 3860. The van der Waals surface area contributed by atoms with Gasteiger partial charge >= 0.3 is 0 Å². The Hall–Kier alpha value is -6.99. The van der Waals surface area contributed by atoms with Crippen LogP contribution in [0.5, 0.6) is 0 Å². The molecule has 4 nitrogen and oxygen atoms in total. The highest BCUT2D eigenvalue weighted by molar-refractivity contribution is 8.32. The highest BCUT2D eigenvalue weighted by Crippen LogP contribution is 2.55. The van der Waals surface area contributed by atoms with Crippen molar-refractivity contribution in [3.05, 3.63) is 181 Å². The molecule has 10 aromatic carbocycles. The molecule has 2 aromatic heterocycles. The van der Waals surface area contributed by atoms with Crippen LogP contribution in [0.3, 0.4) is 0 Å². The number of para-hydroxylation sites is 4. The van der Waals surface area contributed by atoms with Crippen LogP contribution in [0.2, 0.25) is 19.6 Å². The van der Waals surface area contributed by atoms with Crippen molar-refractivity contribution in [1.82, 2.24) is 0 Å². The van der Waals surface area contributed by atoms with Crippen molar-refractivity contribution >= 4 is 134 Å². The lowest BCUT2D eigenvalue weighted by atomic mass is 9.82. The fourth-order valence-electron chi connectivity index (χ4n) is 13.3. The molecule has 0 aliphatic heterocycles. The SMILES string of the molecule is C[Si](C)(C)c1ccc(N(c2cc(C3CCCC3)c3ccc4c(N(c5ccc(S(C)(C)C)cc5)c5cccc6c5oc5ccccc56)cc(C5CCCC5)c5ccc2c3c54)c2cccc3c2oc2ccccc23)cc1. The molecule has 0 bridgehead atoms. The number of benzene rings is 10. The predicted octanol–water partition coefficient (Wildman–Crippen LogP) is 20.2. The van der Waals surface area contributed by atoms with Gasteiger partial charge in [-0.1, -0.05) is 148 Å². The zero-order chi connectivity index (χ0) is 50.0. The quantitative estimate of drug-likeness (QED) is 0.101. The molecular weight excluding hydrogens is 937 g/mol. The Labute approximate surface area is 437 Å². The summed E-state index contributed by atoms with van der Waals surface area (Å²) in [6.45, 7) is 7.33. The number of hydrogen-bond donors (Lipinski definition) is 0. The second-order valence-electron chi connectivity index (χ2n) is 23.3. The Balaban J connectivity index is 1.11. The van der Waals surface area contributed by atoms with E-state index < -0.39 is 18.1 Å². The lowest BCUT2D eigenvalue weighted by molar-refractivity contribution is 0.668. The third-order valence-electron chi connectivity index (χ3n) is 17.0. The molecule has 74 heavy (non-hydrogen) atoms. The zero-order valence-electron chi connectivity index (χ0n) is 43.6. The Kier molecular flexibility index (Phi) is 10.7. The van der Waals surface area contributed by atoms with Gasteiger partial charge in [-0.05, 0) is 167 Å². The minimum Gasteiger partial charge on any atom is -0.454 e. The van der Waals surface area contributed by atoms with Gasteiger partial charge < -0.3 is 18.6 Å². The Morgan fingerprint density at radius 1 is 0.405 bits per heavy atom. The van der Waals surface area contributed by atoms with E-state index in [-0.39, 0.29) is 0 Å². The second-order valence-corrected chi connectivity index (χ2v) is 32.5. The zero-order valence-corrected chi connectivity index (χ0v) is 45.4. The average molecular weight is 1000 g/mol.